The maximum Gasteiger partial charge on any atom is 0.328 e. The summed E-state index contributed by atoms with van der Waals surface area (Å²) in [5.74, 6) is 0.391. The highest BCUT2D eigenvalue weighted by atomic mass is 16.2. The van der Waals surface area contributed by atoms with Crippen molar-refractivity contribution in [2.24, 2.45) is 5.92 Å². The van der Waals surface area contributed by atoms with Gasteiger partial charge in [-0.25, -0.2) is 4.79 Å². The van der Waals surface area contributed by atoms with E-state index in [0.717, 1.165) is 19.3 Å². The van der Waals surface area contributed by atoms with Crippen molar-refractivity contribution in [2.75, 3.05) is 0 Å². The summed E-state index contributed by atoms with van der Waals surface area (Å²) >= 11 is 0. The SMILES string of the molecule is CC1CCCCCC1n1cc(C#N)c(=O)[nH]c1=O. The largest absolute Gasteiger partial charge is 0.328 e. The van der Waals surface area contributed by atoms with E-state index < -0.39 is 11.2 Å². The number of nitriles is 1. The monoisotopic (exact) mass is 247 g/mol. The van der Waals surface area contributed by atoms with Gasteiger partial charge < -0.3 is 0 Å². The molecule has 1 N–H and O–H groups in total. The average molecular weight is 247 g/mol. The number of aromatic amines is 1. The summed E-state index contributed by atoms with van der Waals surface area (Å²) in [6.07, 6.45) is 6.87. The van der Waals surface area contributed by atoms with E-state index in [1.807, 2.05) is 6.07 Å². The minimum Gasteiger partial charge on any atom is -0.296 e. The predicted octanol–water partition coefficient (Wildman–Crippen LogP) is 1.55. The van der Waals surface area contributed by atoms with Crippen LogP contribution in [-0.4, -0.2) is 9.55 Å². The third-order valence-corrected chi connectivity index (χ3v) is 3.76. The van der Waals surface area contributed by atoms with Crippen LogP contribution in [0, 0.1) is 17.2 Å². The lowest BCUT2D eigenvalue weighted by atomic mass is 9.97. The highest BCUT2D eigenvalue weighted by Gasteiger charge is 2.23. The number of H-pyrrole nitrogens is 1. The lowest BCUT2D eigenvalue weighted by molar-refractivity contribution is 0.322. The molecule has 1 heterocycles. The van der Waals surface area contributed by atoms with Gasteiger partial charge in [0.1, 0.15) is 11.6 Å². The Hall–Kier alpha value is -1.83. The van der Waals surface area contributed by atoms with Crippen molar-refractivity contribution in [2.45, 2.75) is 45.1 Å². The van der Waals surface area contributed by atoms with E-state index in [1.54, 1.807) is 0 Å². The summed E-state index contributed by atoms with van der Waals surface area (Å²) in [5.41, 5.74) is -0.996. The van der Waals surface area contributed by atoms with Crippen LogP contribution >= 0.6 is 0 Å². The van der Waals surface area contributed by atoms with Crippen molar-refractivity contribution >= 4 is 0 Å². The second kappa shape index (κ2) is 5.21. The minimum absolute atomic E-state index is 0.00560. The van der Waals surface area contributed by atoms with Crippen LogP contribution in [0.25, 0.3) is 0 Å². The van der Waals surface area contributed by atoms with Crippen molar-refractivity contribution in [1.82, 2.24) is 9.55 Å². The number of aromatic nitrogens is 2. The van der Waals surface area contributed by atoms with Crippen LogP contribution in [0.3, 0.4) is 0 Å². The fraction of sp³-hybridized carbons (Fsp3) is 0.615. The maximum atomic E-state index is 11.9. The fourth-order valence-electron chi connectivity index (χ4n) is 2.70. The van der Waals surface area contributed by atoms with Crippen LogP contribution in [0.2, 0.25) is 0 Å². The topological polar surface area (TPSA) is 78.7 Å². The van der Waals surface area contributed by atoms with Gasteiger partial charge in [0.15, 0.2) is 0 Å². The molecule has 1 fully saturated rings. The number of hydrogen-bond donors (Lipinski definition) is 1. The molecule has 5 nitrogen and oxygen atoms in total. The molecule has 2 rings (SSSR count). The molecule has 0 aliphatic heterocycles. The van der Waals surface area contributed by atoms with E-state index in [2.05, 4.69) is 11.9 Å². The third kappa shape index (κ3) is 2.37. The average Bonchev–Trinajstić information content (AvgIpc) is 2.55. The quantitative estimate of drug-likeness (QED) is 0.765. The van der Waals surface area contributed by atoms with Gasteiger partial charge in [-0.05, 0) is 18.8 Å². The Labute approximate surface area is 105 Å². The van der Waals surface area contributed by atoms with Crippen LogP contribution < -0.4 is 11.2 Å². The molecule has 0 spiro atoms. The highest BCUT2D eigenvalue weighted by Crippen LogP contribution is 2.31. The number of nitrogens with zero attached hydrogens (tertiary/aromatic N) is 2. The first-order chi connectivity index (χ1) is 8.63. The van der Waals surface area contributed by atoms with Gasteiger partial charge in [-0.2, -0.15) is 5.26 Å². The molecule has 0 aromatic carbocycles. The molecule has 5 heteroatoms. The van der Waals surface area contributed by atoms with Crippen LogP contribution in [-0.2, 0) is 0 Å². The van der Waals surface area contributed by atoms with Gasteiger partial charge >= 0.3 is 5.69 Å². The van der Waals surface area contributed by atoms with Gasteiger partial charge in [0.2, 0.25) is 0 Å². The maximum absolute atomic E-state index is 11.9. The van der Waals surface area contributed by atoms with Gasteiger partial charge in [-0.1, -0.05) is 26.2 Å². The van der Waals surface area contributed by atoms with E-state index in [-0.39, 0.29) is 11.6 Å². The predicted molar refractivity (Wildman–Crippen MR) is 67.3 cm³/mol. The first kappa shape index (κ1) is 12.6. The molecule has 1 aliphatic carbocycles. The first-order valence-electron chi connectivity index (χ1n) is 6.39. The zero-order chi connectivity index (χ0) is 13.1. The van der Waals surface area contributed by atoms with Crippen LogP contribution in [0.15, 0.2) is 15.8 Å². The summed E-state index contributed by atoms with van der Waals surface area (Å²) in [7, 11) is 0. The zero-order valence-electron chi connectivity index (χ0n) is 10.5. The Morgan fingerprint density at radius 3 is 2.78 bits per heavy atom. The Kier molecular flexibility index (Phi) is 3.66. The highest BCUT2D eigenvalue weighted by molar-refractivity contribution is 5.22. The molecule has 0 bridgehead atoms. The molecular formula is C13H17N3O2. The molecule has 2 atom stereocenters. The smallest absolute Gasteiger partial charge is 0.296 e. The third-order valence-electron chi connectivity index (χ3n) is 3.76. The molecule has 96 valence electrons. The molecule has 0 amide bonds. The number of rotatable bonds is 1. The molecule has 1 aliphatic rings. The van der Waals surface area contributed by atoms with E-state index in [9.17, 15) is 9.59 Å². The Balaban J connectivity index is 2.46. The van der Waals surface area contributed by atoms with E-state index >= 15 is 0 Å². The second-order valence-electron chi connectivity index (χ2n) is 5.00. The first-order valence-corrected chi connectivity index (χ1v) is 6.39. The minimum atomic E-state index is -0.597. The summed E-state index contributed by atoms with van der Waals surface area (Å²) < 4.78 is 1.54. The Bertz CT molecular complexity index is 579. The molecule has 1 aromatic rings. The van der Waals surface area contributed by atoms with Gasteiger partial charge in [-0.15, -0.1) is 0 Å². The summed E-state index contributed by atoms with van der Waals surface area (Å²) in [5, 5.41) is 8.87. The van der Waals surface area contributed by atoms with Crippen LogP contribution in [0.5, 0.6) is 0 Å². The van der Waals surface area contributed by atoms with Gasteiger partial charge in [0.05, 0.1) is 0 Å². The van der Waals surface area contributed by atoms with E-state index in [0.29, 0.717) is 5.92 Å². The van der Waals surface area contributed by atoms with Crippen LogP contribution in [0.1, 0.15) is 50.6 Å². The van der Waals surface area contributed by atoms with Gasteiger partial charge in [-0.3, -0.25) is 14.3 Å². The molecule has 1 saturated carbocycles. The zero-order valence-corrected chi connectivity index (χ0v) is 10.5. The van der Waals surface area contributed by atoms with Crippen molar-refractivity contribution in [3.8, 4) is 6.07 Å². The van der Waals surface area contributed by atoms with Gasteiger partial charge in [0.25, 0.3) is 5.56 Å². The summed E-state index contributed by atoms with van der Waals surface area (Å²) in [4.78, 5) is 25.5. The van der Waals surface area contributed by atoms with Crippen molar-refractivity contribution < 1.29 is 0 Å². The number of nitrogens with one attached hydrogen (secondary N) is 1. The Morgan fingerprint density at radius 2 is 2.06 bits per heavy atom. The summed E-state index contributed by atoms with van der Waals surface area (Å²) in [6, 6.07) is 1.92. The number of hydrogen-bond acceptors (Lipinski definition) is 3. The molecule has 0 saturated heterocycles. The van der Waals surface area contributed by atoms with Gasteiger partial charge in [0, 0.05) is 12.2 Å². The van der Waals surface area contributed by atoms with E-state index in [1.165, 1.54) is 23.6 Å². The molecule has 2 unspecified atom stereocenters. The molecule has 18 heavy (non-hydrogen) atoms. The molecule has 0 radical (unpaired) electrons. The lowest BCUT2D eigenvalue weighted by Gasteiger charge is -2.23. The van der Waals surface area contributed by atoms with Crippen molar-refractivity contribution in [3.05, 3.63) is 32.6 Å². The van der Waals surface area contributed by atoms with Crippen molar-refractivity contribution in [3.63, 3.8) is 0 Å². The Morgan fingerprint density at radius 1 is 1.33 bits per heavy atom. The van der Waals surface area contributed by atoms with E-state index in [4.69, 9.17) is 5.26 Å². The standard InChI is InChI=1S/C13H17N3O2/c1-9-5-3-2-4-6-11(9)16-8-10(7-14)12(17)15-13(16)18/h8-9,11H,2-6H2,1H3,(H,15,17,18). The van der Waals surface area contributed by atoms with Crippen molar-refractivity contribution in [1.29, 1.82) is 5.26 Å². The van der Waals surface area contributed by atoms with Crippen LogP contribution in [0.4, 0.5) is 0 Å². The molecule has 1 aromatic heterocycles. The summed E-state index contributed by atoms with van der Waals surface area (Å²) in [6.45, 7) is 2.12. The second-order valence-corrected chi connectivity index (χ2v) is 5.00. The molecular weight excluding hydrogens is 230 g/mol. The normalized spacial score (nSPS) is 24.2. The lowest BCUT2D eigenvalue weighted by Crippen LogP contribution is -2.35. The fourth-order valence-corrected chi connectivity index (χ4v) is 2.70.